The molecule has 0 aromatic heterocycles. The fourth-order valence-electron chi connectivity index (χ4n) is 2.32. The standard InChI is InChI=1S/C11H20N4OS/c12-7-9-8-17(16)11(14-9)5-6-15(13)10-3-1-2-4-10/h8,10H,1-7,12-13H2. The van der Waals surface area contributed by atoms with E-state index in [9.17, 15) is 4.21 Å². The Morgan fingerprint density at radius 1 is 1.47 bits per heavy atom. The largest absolute Gasteiger partial charge is 0.325 e. The second-order valence-electron chi connectivity index (χ2n) is 4.54. The van der Waals surface area contributed by atoms with Gasteiger partial charge in [0, 0.05) is 31.0 Å². The van der Waals surface area contributed by atoms with Crippen LogP contribution in [0.2, 0.25) is 0 Å². The number of hydrogen-bond acceptors (Lipinski definition) is 5. The van der Waals surface area contributed by atoms with E-state index in [2.05, 4.69) is 4.99 Å². The monoisotopic (exact) mass is 256 g/mol. The van der Waals surface area contributed by atoms with Crippen molar-refractivity contribution in [3.05, 3.63) is 11.1 Å². The Labute approximate surface area is 104 Å². The van der Waals surface area contributed by atoms with E-state index in [1.807, 2.05) is 5.01 Å². The third-order valence-electron chi connectivity index (χ3n) is 3.33. The minimum Gasteiger partial charge on any atom is -0.325 e. The van der Waals surface area contributed by atoms with Crippen LogP contribution in [0, 0.1) is 0 Å². The highest BCUT2D eigenvalue weighted by molar-refractivity contribution is 8.03. The summed E-state index contributed by atoms with van der Waals surface area (Å²) in [7, 11) is -1.08. The summed E-state index contributed by atoms with van der Waals surface area (Å²) in [6.45, 7) is 1.07. The zero-order chi connectivity index (χ0) is 12.3. The number of rotatable bonds is 5. The fourth-order valence-corrected chi connectivity index (χ4v) is 3.35. The normalized spacial score (nSPS) is 25.5. The van der Waals surface area contributed by atoms with Crippen molar-refractivity contribution in [2.75, 3.05) is 13.1 Å². The molecule has 2 rings (SSSR count). The molecule has 0 saturated heterocycles. The molecule has 0 bridgehead atoms. The zero-order valence-electron chi connectivity index (χ0n) is 9.97. The van der Waals surface area contributed by atoms with Crippen molar-refractivity contribution in [1.29, 1.82) is 0 Å². The Hall–Kier alpha value is -0.560. The molecule has 17 heavy (non-hydrogen) atoms. The summed E-state index contributed by atoms with van der Waals surface area (Å²) < 4.78 is 11.7. The van der Waals surface area contributed by atoms with Gasteiger partial charge in [-0.2, -0.15) is 0 Å². The Morgan fingerprint density at radius 3 is 2.76 bits per heavy atom. The topological polar surface area (TPSA) is 84.7 Å². The van der Waals surface area contributed by atoms with Crippen molar-refractivity contribution in [3.8, 4) is 0 Å². The van der Waals surface area contributed by atoms with Crippen molar-refractivity contribution in [1.82, 2.24) is 5.01 Å². The van der Waals surface area contributed by atoms with Crippen molar-refractivity contribution in [3.63, 3.8) is 0 Å². The van der Waals surface area contributed by atoms with Gasteiger partial charge in [0.25, 0.3) is 0 Å². The van der Waals surface area contributed by atoms with E-state index in [0.29, 0.717) is 24.1 Å². The molecule has 0 radical (unpaired) electrons. The van der Waals surface area contributed by atoms with Crippen LogP contribution in [0.15, 0.2) is 16.1 Å². The van der Waals surface area contributed by atoms with Gasteiger partial charge in [-0.15, -0.1) is 0 Å². The molecule has 0 aromatic rings. The van der Waals surface area contributed by atoms with Gasteiger partial charge in [-0.05, 0) is 12.8 Å². The van der Waals surface area contributed by atoms with Crippen LogP contribution in [-0.2, 0) is 10.8 Å². The Morgan fingerprint density at radius 2 is 2.18 bits per heavy atom. The molecule has 0 aromatic carbocycles. The molecule has 2 aliphatic rings. The second kappa shape index (κ2) is 5.86. The van der Waals surface area contributed by atoms with Crippen molar-refractivity contribution >= 4 is 15.8 Å². The molecule has 5 nitrogen and oxygen atoms in total. The van der Waals surface area contributed by atoms with Crippen LogP contribution in [-0.4, -0.2) is 33.4 Å². The first-order valence-corrected chi connectivity index (χ1v) is 7.32. The van der Waals surface area contributed by atoms with Crippen LogP contribution < -0.4 is 11.6 Å². The first-order chi connectivity index (χ1) is 8.20. The quantitative estimate of drug-likeness (QED) is 0.552. The lowest BCUT2D eigenvalue weighted by Crippen LogP contribution is -2.40. The molecule has 1 atom stereocenters. The van der Waals surface area contributed by atoms with E-state index in [4.69, 9.17) is 11.6 Å². The van der Waals surface area contributed by atoms with Gasteiger partial charge in [0.1, 0.15) is 5.04 Å². The number of nitrogens with zero attached hydrogens (tertiary/aromatic N) is 2. The van der Waals surface area contributed by atoms with E-state index < -0.39 is 10.8 Å². The minimum absolute atomic E-state index is 0.351. The van der Waals surface area contributed by atoms with Gasteiger partial charge in [-0.25, -0.2) is 14.2 Å². The highest BCUT2D eigenvalue weighted by Crippen LogP contribution is 2.22. The first-order valence-electron chi connectivity index (χ1n) is 6.11. The fraction of sp³-hybridized carbons (Fsp3) is 0.727. The van der Waals surface area contributed by atoms with Crippen molar-refractivity contribution in [2.45, 2.75) is 38.1 Å². The molecule has 1 fully saturated rings. The van der Waals surface area contributed by atoms with E-state index >= 15 is 0 Å². The van der Waals surface area contributed by atoms with Gasteiger partial charge in [0.15, 0.2) is 0 Å². The molecule has 1 aliphatic carbocycles. The lowest BCUT2D eigenvalue weighted by molar-refractivity contribution is 0.209. The first kappa shape index (κ1) is 12.9. The number of nitrogens with two attached hydrogens (primary N) is 2. The molecule has 1 saturated carbocycles. The van der Waals surface area contributed by atoms with Gasteiger partial charge < -0.3 is 5.73 Å². The second-order valence-corrected chi connectivity index (χ2v) is 5.84. The summed E-state index contributed by atoms with van der Waals surface area (Å²) >= 11 is 0. The molecule has 96 valence electrons. The maximum absolute atomic E-state index is 11.7. The van der Waals surface area contributed by atoms with Gasteiger partial charge >= 0.3 is 0 Å². The van der Waals surface area contributed by atoms with Crippen molar-refractivity contribution in [2.24, 2.45) is 16.6 Å². The molecule has 1 aliphatic heterocycles. The molecule has 6 heteroatoms. The molecule has 0 spiro atoms. The predicted molar refractivity (Wildman–Crippen MR) is 70.5 cm³/mol. The summed E-state index contributed by atoms with van der Waals surface area (Å²) in [4.78, 5) is 4.26. The van der Waals surface area contributed by atoms with Crippen LogP contribution in [0.3, 0.4) is 0 Å². The minimum atomic E-state index is -1.08. The zero-order valence-corrected chi connectivity index (χ0v) is 10.8. The highest BCUT2D eigenvalue weighted by Gasteiger charge is 2.22. The maximum atomic E-state index is 11.7. The summed E-state index contributed by atoms with van der Waals surface area (Å²) in [5.74, 6) is 6.01. The van der Waals surface area contributed by atoms with Gasteiger partial charge in [-0.3, -0.25) is 5.84 Å². The van der Waals surface area contributed by atoms with E-state index in [0.717, 1.165) is 12.2 Å². The van der Waals surface area contributed by atoms with Crippen LogP contribution in [0.1, 0.15) is 32.1 Å². The predicted octanol–water partition coefficient (Wildman–Crippen LogP) is 0.456. The SMILES string of the molecule is NCC1=CS(=O)C(CCN(N)C2CCCC2)=N1. The maximum Gasteiger partial charge on any atom is 0.110 e. The van der Waals surface area contributed by atoms with Crippen LogP contribution in [0.4, 0.5) is 0 Å². The number of hydrogen-bond donors (Lipinski definition) is 2. The molecule has 1 unspecified atom stereocenters. The molecule has 1 heterocycles. The summed E-state index contributed by atoms with van der Waals surface area (Å²) in [6, 6.07) is 0.493. The molecular weight excluding hydrogens is 236 g/mol. The van der Waals surface area contributed by atoms with E-state index in [-0.39, 0.29) is 0 Å². The van der Waals surface area contributed by atoms with E-state index in [1.54, 1.807) is 5.41 Å². The Bertz CT molecular complexity index is 360. The van der Waals surface area contributed by atoms with Gasteiger partial charge in [0.05, 0.1) is 16.5 Å². The van der Waals surface area contributed by atoms with Crippen molar-refractivity contribution < 1.29 is 4.21 Å². The van der Waals surface area contributed by atoms with Gasteiger partial charge in [0.2, 0.25) is 0 Å². The Kier molecular flexibility index (Phi) is 4.44. The smallest absolute Gasteiger partial charge is 0.110 e. The van der Waals surface area contributed by atoms with Crippen LogP contribution in [0.25, 0.3) is 0 Å². The summed E-state index contributed by atoms with van der Waals surface area (Å²) in [5.41, 5.74) is 6.19. The molecule has 4 N–H and O–H groups in total. The Balaban J connectivity index is 1.81. The average molecular weight is 256 g/mol. The molecule has 0 amide bonds. The summed E-state index contributed by atoms with van der Waals surface area (Å²) in [5, 5.41) is 4.22. The highest BCUT2D eigenvalue weighted by atomic mass is 32.2. The summed E-state index contributed by atoms with van der Waals surface area (Å²) in [6.07, 6.45) is 5.56. The lowest BCUT2D eigenvalue weighted by atomic mass is 10.2. The third-order valence-corrected chi connectivity index (χ3v) is 4.58. The van der Waals surface area contributed by atoms with Crippen LogP contribution in [0.5, 0.6) is 0 Å². The van der Waals surface area contributed by atoms with Crippen LogP contribution >= 0.6 is 0 Å². The molecular formula is C11H20N4OS. The van der Waals surface area contributed by atoms with Gasteiger partial charge in [-0.1, -0.05) is 12.8 Å². The lowest BCUT2D eigenvalue weighted by Gasteiger charge is -2.22. The van der Waals surface area contributed by atoms with E-state index in [1.165, 1.54) is 25.7 Å². The third kappa shape index (κ3) is 3.22. The average Bonchev–Trinajstić information content (AvgIpc) is 2.95. The number of hydrazine groups is 1. The number of aliphatic imine (C=N–C) groups is 1.